The molecule has 1 fully saturated rings. The Labute approximate surface area is 197 Å². The number of amides is 1. The molecular formula is C22H35IN4O3. The molecular weight excluding hydrogens is 495 g/mol. The van der Waals surface area contributed by atoms with E-state index in [0.29, 0.717) is 25.3 Å². The van der Waals surface area contributed by atoms with E-state index in [1.807, 2.05) is 38.1 Å². The number of hydrogen-bond donors (Lipinski definition) is 1. The molecule has 1 aromatic rings. The molecule has 1 atom stereocenters. The highest BCUT2D eigenvalue weighted by atomic mass is 127. The van der Waals surface area contributed by atoms with Crippen LogP contribution < -0.4 is 5.32 Å². The van der Waals surface area contributed by atoms with Gasteiger partial charge >= 0.3 is 5.97 Å². The third kappa shape index (κ3) is 7.77. The van der Waals surface area contributed by atoms with Crippen LogP contribution in [0.15, 0.2) is 29.3 Å². The molecule has 1 aromatic carbocycles. The van der Waals surface area contributed by atoms with Gasteiger partial charge in [-0.3, -0.25) is 14.6 Å². The Hall–Kier alpha value is -1.84. The number of guanidine groups is 1. The van der Waals surface area contributed by atoms with Crippen LogP contribution in [0.3, 0.4) is 0 Å². The number of benzene rings is 1. The molecule has 0 spiro atoms. The number of likely N-dealkylation sites (tertiary alicyclic amines) is 1. The highest BCUT2D eigenvalue weighted by Gasteiger charge is 2.28. The molecule has 1 aliphatic rings. The van der Waals surface area contributed by atoms with Crippen LogP contribution in [0, 0.1) is 5.92 Å². The number of halogens is 1. The van der Waals surface area contributed by atoms with Crippen molar-refractivity contribution in [3.63, 3.8) is 0 Å². The van der Waals surface area contributed by atoms with E-state index in [1.165, 1.54) is 0 Å². The second kappa shape index (κ2) is 13.5. The predicted molar refractivity (Wildman–Crippen MR) is 130 cm³/mol. The van der Waals surface area contributed by atoms with E-state index in [-0.39, 0.29) is 41.8 Å². The number of piperidine rings is 1. The van der Waals surface area contributed by atoms with Gasteiger partial charge in [-0.25, -0.2) is 0 Å². The summed E-state index contributed by atoms with van der Waals surface area (Å²) >= 11 is 0. The maximum atomic E-state index is 12.1. The van der Waals surface area contributed by atoms with Crippen LogP contribution in [0.2, 0.25) is 0 Å². The van der Waals surface area contributed by atoms with Crippen molar-refractivity contribution in [3.8, 4) is 0 Å². The number of carbonyl (C=O) groups is 2. The number of esters is 1. The van der Waals surface area contributed by atoms with Gasteiger partial charge in [-0.1, -0.05) is 12.1 Å². The number of ether oxygens (including phenoxy) is 1. The zero-order valence-electron chi connectivity index (χ0n) is 18.5. The lowest BCUT2D eigenvalue weighted by molar-refractivity contribution is -0.149. The van der Waals surface area contributed by atoms with Crippen LogP contribution in [0.4, 0.5) is 0 Å². The summed E-state index contributed by atoms with van der Waals surface area (Å²) in [4.78, 5) is 32.8. The minimum absolute atomic E-state index is 0. The molecule has 1 aliphatic heterocycles. The van der Waals surface area contributed by atoms with Crippen LogP contribution in [0.5, 0.6) is 0 Å². The Morgan fingerprint density at radius 2 is 2.07 bits per heavy atom. The predicted octanol–water partition coefficient (Wildman–Crippen LogP) is 2.79. The lowest BCUT2D eigenvalue weighted by Crippen LogP contribution is -2.48. The highest BCUT2D eigenvalue weighted by Crippen LogP contribution is 2.18. The number of rotatable bonds is 7. The van der Waals surface area contributed by atoms with E-state index in [1.54, 1.807) is 19.0 Å². The molecule has 0 aliphatic carbocycles. The van der Waals surface area contributed by atoms with E-state index >= 15 is 0 Å². The van der Waals surface area contributed by atoms with E-state index in [0.717, 1.165) is 43.9 Å². The molecule has 8 heteroatoms. The summed E-state index contributed by atoms with van der Waals surface area (Å²) in [6.07, 6.45) is 2.56. The molecule has 30 heavy (non-hydrogen) atoms. The zero-order valence-corrected chi connectivity index (χ0v) is 20.8. The molecule has 0 aromatic heterocycles. The Morgan fingerprint density at radius 1 is 1.30 bits per heavy atom. The van der Waals surface area contributed by atoms with Crippen molar-refractivity contribution in [1.82, 2.24) is 15.1 Å². The van der Waals surface area contributed by atoms with Gasteiger partial charge in [0.05, 0.1) is 12.5 Å². The van der Waals surface area contributed by atoms with Gasteiger partial charge in [-0.2, -0.15) is 0 Å². The number of nitrogens with one attached hydrogen (secondary N) is 1. The first-order chi connectivity index (χ1) is 14.0. The number of carbonyl (C=O) groups excluding carboxylic acids is 2. The Kier molecular flexibility index (Phi) is 11.8. The van der Waals surface area contributed by atoms with Gasteiger partial charge in [-0.05, 0) is 50.8 Å². The fraction of sp³-hybridized carbons (Fsp3) is 0.591. The van der Waals surface area contributed by atoms with Crippen molar-refractivity contribution in [2.45, 2.75) is 33.1 Å². The van der Waals surface area contributed by atoms with Gasteiger partial charge in [-0.15, -0.1) is 24.0 Å². The number of hydrogen-bond acceptors (Lipinski definition) is 4. The Balaban J connectivity index is 0.00000450. The smallest absolute Gasteiger partial charge is 0.310 e. The van der Waals surface area contributed by atoms with Gasteiger partial charge < -0.3 is 19.9 Å². The van der Waals surface area contributed by atoms with Crippen LogP contribution in [-0.2, 0) is 16.0 Å². The van der Waals surface area contributed by atoms with E-state index in [9.17, 15) is 9.59 Å². The summed E-state index contributed by atoms with van der Waals surface area (Å²) in [7, 11) is 3.51. The summed E-state index contributed by atoms with van der Waals surface area (Å²) in [5.74, 6) is 0.626. The van der Waals surface area contributed by atoms with Crippen LogP contribution in [0.25, 0.3) is 0 Å². The Bertz CT molecular complexity index is 724. The van der Waals surface area contributed by atoms with E-state index in [4.69, 9.17) is 9.73 Å². The first-order valence-corrected chi connectivity index (χ1v) is 10.5. The normalized spacial score (nSPS) is 16.5. The van der Waals surface area contributed by atoms with Gasteiger partial charge in [0.1, 0.15) is 0 Å². The Morgan fingerprint density at radius 3 is 2.73 bits per heavy atom. The second-order valence-corrected chi connectivity index (χ2v) is 7.42. The fourth-order valence-corrected chi connectivity index (χ4v) is 3.46. The largest absolute Gasteiger partial charge is 0.466 e. The molecule has 1 unspecified atom stereocenters. The van der Waals surface area contributed by atoms with E-state index in [2.05, 4.69) is 10.2 Å². The molecule has 168 valence electrons. The maximum Gasteiger partial charge on any atom is 0.310 e. The summed E-state index contributed by atoms with van der Waals surface area (Å²) in [6, 6.07) is 7.70. The standard InChI is InChI=1S/C22H34N4O3.HI/c1-5-23-22(26-14-8-11-19(16-26)21(28)29-6-2)24-13-12-17-9-7-10-18(15-17)20(27)25(3)4;/h7,9-10,15,19H,5-6,8,11-14,16H2,1-4H3,(H,23,24);1H. The van der Waals surface area contributed by atoms with Crippen molar-refractivity contribution < 1.29 is 14.3 Å². The van der Waals surface area contributed by atoms with Gasteiger partial charge in [0.25, 0.3) is 5.91 Å². The minimum Gasteiger partial charge on any atom is -0.466 e. The average Bonchev–Trinajstić information content (AvgIpc) is 2.73. The molecule has 0 saturated carbocycles. The second-order valence-electron chi connectivity index (χ2n) is 7.42. The average molecular weight is 530 g/mol. The number of aliphatic imine (C=N–C) groups is 1. The van der Waals surface area contributed by atoms with Crippen molar-refractivity contribution in [2.75, 3.05) is 46.9 Å². The molecule has 0 bridgehead atoms. The minimum atomic E-state index is -0.115. The van der Waals surface area contributed by atoms with Crippen LogP contribution in [-0.4, -0.2) is 74.5 Å². The van der Waals surface area contributed by atoms with Crippen molar-refractivity contribution >= 4 is 41.8 Å². The monoisotopic (exact) mass is 530 g/mol. The molecule has 1 amide bonds. The molecule has 7 nitrogen and oxygen atoms in total. The van der Waals surface area contributed by atoms with Crippen LogP contribution in [0.1, 0.15) is 42.6 Å². The topological polar surface area (TPSA) is 74.2 Å². The van der Waals surface area contributed by atoms with Crippen molar-refractivity contribution in [2.24, 2.45) is 10.9 Å². The third-order valence-corrected chi connectivity index (χ3v) is 4.92. The lowest BCUT2D eigenvalue weighted by Gasteiger charge is -2.34. The summed E-state index contributed by atoms with van der Waals surface area (Å²) in [5.41, 5.74) is 1.78. The third-order valence-electron chi connectivity index (χ3n) is 4.92. The molecule has 1 N–H and O–H groups in total. The lowest BCUT2D eigenvalue weighted by atomic mass is 9.98. The molecule has 1 heterocycles. The van der Waals surface area contributed by atoms with Crippen molar-refractivity contribution in [3.05, 3.63) is 35.4 Å². The number of nitrogens with zero attached hydrogens (tertiary/aromatic N) is 3. The molecule has 1 saturated heterocycles. The molecule has 2 rings (SSSR count). The van der Waals surface area contributed by atoms with E-state index < -0.39 is 0 Å². The quantitative estimate of drug-likeness (QED) is 0.254. The highest BCUT2D eigenvalue weighted by molar-refractivity contribution is 14.0. The SMILES string of the molecule is CCNC(=NCCc1cccc(C(=O)N(C)C)c1)N1CCCC(C(=O)OCC)C1.I. The summed E-state index contributed by atoms with van der Waals surface area (Å²) in [5, 5.41) is 3.34. The zero-order chi connectivity index (χ0) is 21.2. The van der Waals surface area contributed by atoms with Gasteiger partial charge in [0.2, 0.25) is 0 Å². The summed E-state index contributed by atoms with van der Waals surface area (Å²) < 4.78 is 5.20. The maximum absolute atomic E-state index is 12.1. The summed E-state index contributed by atoms with van der Waals surface area (Å²) in [6.45, 7) is 7.20. The first kappa shape index (κ1) is 26.2. The van der Waals surface area contributed by atoms with Crippen LogP contribution >= 0.6 is 24.0 Å². The molecule has 0 radical (unpaired) electrons. The first-order valence-electron chi connectivity index (χ1n) is 10.5. The van der Waals surface area contributed by atoms with Gasteiger partial charge in [0, 0.05) is 45.8 Å². The van der Waals surface area contributed by atoms with Gasteiger partial charge in [0.15, 0.2) is 5.96 Å². The fourth-order valence-electron chi connectivity index (χ4n) is 3.46. The van der Waals surface area contributed by atoms with Crippen molar-refractivity contribution in [1.29, 1.82) is 0 Å².